The van der Waals surface area contributed by atoms with Crippen molar-refractivity contribution in [2.45, 2.75) is 32.1 Å². The van der Waals surface area contributed by atoms with Crippen LogP contribution in [0.1, 0.15) is 34.7 Å². The number of anilines is 1. The molecule has 2 aromatic rings. The lowest BCUT2D eigenvalue weighted by Gasteiger charge is -2.26. The lowest BCUT2D eigenvalue weighted by atomic mass is 9.82. The van der Waals surface area contributed by atoms with Crippen molar-refractivity contribution in [3.63, 3.8) is 0 Å². The van der Waals surface area contributed by atoms with Crippen molar-refractivity contribution in [1.29, 1.82) is 0 Å². The van der Waals surface area contributed by atoms with Gasteiger partial charge in [-0.15, -0.1) is 0 Å². The lowest BCUT2D eigenvalue weighted by molar-refractivity contribution is 0.524. The van der Waals surface area contributed by atoms with Crippen LogP contribution in [-0.2, 0) is 12.8 Å². The average Bonchev–Trinajstić information content (AvgIpc) is 2.56. The zero-order valence-electron chi connectivity index (χ0n) is 13.6. The van der Waals surface area contributed by atoms with Crippen molar-refractivity contribution in [3.05, 3.63) is 57.0 Å². The van der Waals surface area contributed by atoms with Gasteiger partial charge in [-0.3, -0.25) is 4.79 Å². The number of aromatic nitrogens is 2. The summed E-state index contributed by atoms with van der Waals surface area (Å²) in [6.07, 6.45) is 3.49. The molecular weight excluding hydrogens is 312 g/mol. The molecule has 1 aliphatic carbocycles. The van der Waals surface area contributed by atoms with Crippen molar-refractivity contribution >= 4 is 14.4 Å². The smallest absolute Gasteiger partial charge is 0.254 e. The summed E-state index contributed by atoms with van der Waals surface area (Å²) in [5.41, 5.74) is 3.96. The van der Waals surface area contributed by atoms with E-state index in [0.717, 1.165) is 28.8 Å². The summed E-state index contributed by atoms with van der Waals surface area (Å²) in [5, 5.41) is 0. The van der Waals surface area contributed by atoms with E-state index < -0.39 is 0 Å². The molecule has 1 aromatic heterocycles. The van der Waals surface area contributed by atoms with Gasteiger partial charge in [-0.25, -0.2) is 9.37 Å². The summed E-state index contributed by atoms with van der Waals surface area (Å²) in [7, 11) is 2.43. The van der Waals surface area contributed by atoms with Crippen LogP contribution in [-0.4, -0.2) is 23.7 Å². The maximum Gasteiger partial charge on any atom is 0.254 e. The third-order valence-electron chi connectivity index (χ3n) is 4.58. The van der Waals surface area contributed by atoms with Crippen molar-refractivity contribution < 1.29 is 4.39 Å². The van der Waals surface area contributed by atoms with Gasteiger partial charge in [0.25, 0.3) is 5.56 Å². The molecule has 0 bridgehead atoms. The number of aryl methyl sites for hydroxylation is 1. The van der Waals surface area contributed by atoms with Gasteiger partial charge in [-0.05, 0) is 64.7 Å². The first-order valence-electron chi connectivity index (χ1n) is 7.77. The lowest BCUT2D eigenvalue weighted by Crippen LogP contribution is -2.24. The molecule has 2 unspecified atom stereocenters. The zero-order valence-corrected chi connectivity index (χ0v) is 14.6. The Labute approximate surface area is 137 Å². The Morgan fingerprint density at radius 2 is 2.22 bits per heavy atom. The third-order valence-corrected chi connectivity index (χ3v) is 5.50. The first-order valence-corrected chi connectivity index (χ1v) is 9.22. The van der Waals surface area contributed by atoms with Crippen LogP contribution in [0.15, 0.2) is 23.3 Å². The van der Waals surface area contributed by atoms with Crippen LogP contribution in [0.25, 0.3) is 0 Å². The SMILES string of the molecule is CPN(C)c1cc(C)cc(C2CCc3c(nc[nH]c3=O)C2)c1F. The minimum Gasteiger partial charge on any atom is -0.354 e. The molecule has 1 aromatic carbocycles. The first kappa shape index (κ1) is 16.1. The fraction of sp³-hybridized carbons (Fsp3) is 0.412. The van der Waals surface area contributed by atoms with Crippen molar-refractivity contribution in [3.8, 4) is 0 Å². The fourth-order valence-corrected chi connectivity index (χ4v) is 3.66. The maximum absolute atomic E-state index is 15.0. The Kier molecular flexibility index (Phi) is 4.49. The highest BCUT2D eigenvalue weighted by Gasteiger charge is 2.26. The third kappa shape index (κ3) is 3.02. The molecule has 6 heteroatoms. The molecule has 122 valence electrons. The van der Waals surface area contributed by atoms with Crippen molar-refractivity contribution in [2.24, 2.45) is 0 Å². The van der Waals surface area contributed by atoms with E-state index in [-0.39, 0.29) is 17.3 Å². The van der Waals surface area contributed by atoms with E-state index in [1.165, 1.54) is 6.33 Å². The van der Waals surface area contributed by atoms with E-state index in [4.69, 9.17) is 0 Å². The number of aromatic amines is 1. The summed E-state index contributed by atoms with van der Waals surface area (Å²) in [6, 6.07) is 3.84. The van der Waals surface area contributed by atoms with E-state index in [1.54, 1.807) is 0 Å². The van der Waals surface area contributed by atoms with Gasteiger partial charge in [0.05, 0.1) is 17.7 Å². The molecule has 0 saturated carbocycles. The molecule has 1 N–H and O–H groups in total. The molecule has 3 rings (SSSR count). The fourth-order valence-electron chi connectivity index (χ4n) is 3.26. The van der Waals surface area contributed by atoms with Crippen LogP contribution in [0, 0.1) is 12.7 Å². The molecule has 23 heavy (non-hydrogen) atoms. The summed E-state index contributed by atoms with van der Waals surface area (Å²) in [4.78, 5) is 18.7. The minimum atomic E-state index is -0.134. The van der Waals surface area contributed by atoms with Gasteiger partial charge < -0.3 is 9.65 Å². The molecule has 2 atom stereocenters. The Bertz CT molecular complexity index is 790. The van der Waals surface area contributed by atoms with Crippen LogP contribution in [0.4, 0.5) is 10.1 Å². The van der Waals surface area contributed by atoms with Gasteiger partial charge >= 0.3 is 0 Å². The normalized spacial score (nSPS) is 17.5. The van der Waals surface area contributed by atoms with Gasteiger partial charge in [0, 0.05) is 12.6 Å². The highest BCUT2D eigenvalue weighted by molar-refractivity contribution is 7.39. The number of halogens is 1. The van der Waals surface area contributed by atoms with E-state index in [2.05, 4.69) is 9.97 Å². The Balaban J connectivity index is 2.00. The van der Waals surface area contributed by atoms with E-state index in [9.17, 15) is 4.79 Å². The van der Waals surface area contributed by atoms with E-state index in [1.807, 2.05) is 37.4 Å². The molecule has 0 radical (unpaired) electrons. The van der Waals surface area contributed by atoms with E-state index >= 15 is 4.39 Å². The standard InChI is InChI=1S/C17H21FN3OP/c1-10-6-13(16(18)15(7-10)21(2)23-3)11-4-5-12-14(8-11)19-9-20-17(12)22/h6-7,9,11,23H,4-5,8H2,1-3H3,(H,19,20,22). The summed E-state index contributed by atoms with van der Waals surface area (Å²) in [5.74, 6) is -0.0604. The number of benzene rings is 1. The van der Waals surface area contributed by atoms with Crippen LogP contribution in [0.2, 0.25) is 0 Å². The topological polar surface area (TPSA) is 49.0 Å². The molecule has 0 spiro atoms. The second-order valence-corrected chi connectivity index (χ2v) is 7.18. The Morgan fingerprint density at radius 1 is 1.43 bits per heavy atom. The number of nitrogens with zero attached hydrogens (tertiary/aromatic N) is 2. The molecule has 0 amide bonds. The van der Waals surface area contributed by atoms with Crippen LogP contribution < -0.4 is 10.2 Å². The van der Waals surface area contributed by atoms with Crippen LogP contribution in [0.3, 0.4) is 0 Å². The van der Waals surface area contributed by atoms with Gasteiger partial charge in [0.1, 0.15) is 5.82 Å². The number of nitrogens with one attached hydrogen (secondary N) is 1. The highest BCUT2D eigenvalue weighted by Crippen LogP contribution is 2.37. The number of hydrogen-bond acceptors (Lipinski definition) is 3. The summed E-state index contributed by atoms with van der Waals surface area (Å²) >= 11 is 0. The average molecular weight is 333 g/mol. The molecule has 4 nitrogen and oxygen atoms in total. The first-order chi connectivity index (χ1) is 11.0. The van der Waals surface area contributed by atoms with Crippen LogP contribution in [0.5, 0.6) is 0 Å². The second-order valence-electron chi connectivity index (χ2n) is 6.07. The van der Waals surface area contributed by atoms with E-state index in [0.29, 0.717) is 27.3 Å². The quantitative estimate of drug-likeness (QED) is 0.878. The Morgan fingerprint density at radius 3 is 2.96 bits per heavy atom. The molecule has 0 fully saturated rings. The zero-order chi connectivity index (χ0) is 16.6. The molecular formula is C17H21FN3OP. The second kappa shape index (κ2) is 6.40. The molecule has 1 heterocycles. The molecule has 0 saturated heterocycles. The highest BCUT2D eigenvalue weighted by atomic mass is 31.1. The number of hydrogen-bond donors (Lipinski definition) is 1. The Hall–Kier alpha value is -1.74. The predicted molar refractivity (Wildman–Crippen MR) is 93.4 cm³/mol. The number of rotatable bonds is 3. The van der Waals surface area contributed by atoms with Crippen molar-refractivity contribution in [1.82, 2.24) is 9.97 Å². The van der Waals surface area contributed by atoms with Gasteiger partial charge in [0.15, 0.2) is 0 Å². The molecule has 1 aliphatic rings. The predicted octanol–water partition coefficient (Wildman–Crippen LogP) is 3.15. The van der Waals surface area contributed by atoms with Gasteiger partial charge in [-0.2, -0.15) is 0 Å². The number of fused-ring (bicyclic) bond motifs is 1. The van der Waals surface area contributed by atoms with Crippen molar-refractivity contribution in [2.75, 3.05) is 18.4 Å². The van der Waals surface area contributed by atoms with Gasteiger partial charge in [-0.1, -0.05) is 6.07 Å². The summed E-state index contributed by atoms with van der Waals surface area (Å²) in [6.45, 7) is 4.04. The summed E-state index contributed by atoms with van der Waals surface area (Å²) < 4.78 is 17.0. The molecule has 0 aliphatic heterocycles. The number of H-pyrrole nitrogens is 1. The minimum absolute atomic E-state index is 0.0641. The monoisotopic (exact) mass is 333 g/mol. The van der Waals surface area contributed by atoms with Crippen LogP contribution >= 0.6 is 8.73 Å². The van der Waals surface area contributed by atoms with Gasteiger partial charge in [0.2, 0.25) is 0 Å². The maximum atomic E-state index is 15.0. The largest absolute Gasteiger partial charge is 0.354 e.